The Balaban J connectivity index is 1.99. The second-order valence-electron chi connectivity index (χ2n) is 6.14. The number of aromatic nitrogens is 3. The Hall–Kier alpha value is -2.33. The Kier molecular flexibility index (Phi) is 4.47. The van der Waals surface area contributed by atoms with Crippen molar-refractivity contribution in [3.8, 4) is 17.2 Å². The van der Waals surface area contributed by atoms with Crippen molar-refractivity contribution in [2.24, 2.45) is 0 Å². The number of aliphatic carboxylic acids is 1. The van der Waals surface area contributed by atoms with Gasteiger partial charge in [-0.3, -0.25) is 4.57 Å². The first-order valence-electron chi connectivity index (χ1n) is 8.01. The predicted octanol–water partition coefficient (Wildman–Crippen LogP) is 3.94. The molecule has 1 aromatic heterocycles. The number of alkyl halides is 1. The van der Waals surface area contributed by atoms with E-state index in [-0.39, 0.29) is 33.0 Å². The number of phenols is 2. The normalized spacial score (nSPS) is 15.2. The van der Waals surface area contributed by atoms with Gasteiger partial charge in [0.25, 0.3) is 0 Å². The average Bonchev–Trinajstić information content (AvgIpc) is 3.41. The SMILES string of the molecule is O=C(O)C(F)Sc1nnc(Br)n1-c1c(O)c(O)c(C2CC2)c2ccccc12. The van der Waals surface area contributed by atoms with Crippen molar-refractivity contribution in [3.05, 3.63) is 34.6 Å². The fraction of sp³-hybridized carbons (Fsp3) is 0.235. The molecular weight excluding hydrogens is 441 g/mol. The van der Waals surface area contributed by atoms with Crippen molar-refractivity contribution in [3.63, 3.8) is 0 Å². The quantitative estimate of drug-likeness (QED) is 0.396. The fourth-order valence-corrected chi connectivity index (χ4v) is 4.29. The third kappa shape index (κ3) is 3.02. The van der Waals surface area contributed by atoms with Crippen molar-refractivity contribution in [1.82, 2.24) is 14.8 Å². The Morgan fingerprint density at radius 3 is 2.52 bits per heavy atom. The highest BCUT2D eigenvalue weighted by molar-refractivity contribution is 9.10. The van der Waals surface area contributed by atoms with Gasteiger partial charge in [-0.05, 0) is 51.8 Å². The van der Waals surface area contributed by atoms with E-state index in [1.807, 2.05) is 12.1 Å². The molecule has 0 radical (unpaired) electrons. The predicted molar refractivity (Wildman–Crippen MR) is 100 cm³/mol. The lowest BCUT2D eigenvalue weighted by Gasteiger charge is -2.17. The summed E-state index contributed by atoms with van der Waals surface area (Å²) < 4.78 is 15.2. The zero-order chi connectivity index (χ0) is 19.3. The van der Waals surface area contributed by atoms with Gasteiger partial charge in [0.15, 0.2) is 16.7 Å². The molecule has 1 unspecified atom stereocenters. The smallest absolute Gasteiger partial charge is 0.349 e. The highest BCUT2D eigenvalue weighted by atomic mass is 79.9. The first kappa shape index (κ1) is 18.1. The molecule has 1 fully saturated rings. The van der Waals surface area contributed by atoms with Crippen molar-refractivity contribution in [1.29, 1.82) is 0 Å². The standard InChI is InChI=1S/C17H13BrFN3O4S/c18-16-20-21-17(27-14(19)15(25)26)22(16)11-9-4-2-1-3-8(9)10(7-5-6-7)12(23)13(11)24/h1-4,7,14,23-24H,5-6H2,(H,25,26). The van der Waals surface area contributed by atoms with Gasteiger partial charge in [0.2, 0.25) is 10.2 Å². The van der Waals surface area contributed by atoms with E-state index in [1.54, 1.807) is 12.1 Å². The molecule has 27 heavy (non-hydrogen) atoms. The molecule has 0 amide bonds. The van der Waals surface area contributed by atoms with Gasteiger partial charge in [0.05, 0.1) is 0 Å². The Morgan fingerprint density at radius 1 is 1.22 bits per heavy atom. The van der Waals surface area contributed by atoms with E-state index in [0.717, 1.165) is 18.2 Å². The summed E-state index contributed by atoms with van der Waals surface area (Å²) in [5.41, 5.74) is -1.42. The second-order valence-corrected chi connectivity index (χ2v) is 7.86. The summed E-state index contributed by atoms with van der Waals surface area (Å²) in [4.78, 5) is 10.9. The maximum atomic E-state index is 13.7. The second kappa shape index (κ2) is 6.68. The Morgan fingerprint density at radius 2 is 1.89 bits per heavy atom. The molecule has 4 rings (SSSR count). The molecule has 3 aromatic rings. The van der Waals surface area contributed by atoms with Crippen LogP contribution in [0.3, 0.4) is 0 Å². The van der Waals surface area contributed by atoms with Crippen LogP contribution in [0.15, 0.2) is 34.2 Å². The lowest BCUT2D eigenvalue weighted by molar-refractivity contribution is -0.139. The van der Waals surface area contributed by atoms with Crippen LogP contribution in [0.2, 0.25) is 0 Å². The molecular formula is C17H13BrFN3O4S. The maximum Gasteiger partial charge on any atom is 0.349 e. The first-order valence-corrected chi connectivity index (χ1v) is 9.68. The van der Waals surface area contributed by atoms with Crippen LogP contribution in [0.1, 0.15) is 24.3 Å². The molecule has 0 spiro atoms. The van der Waals surface area contributed by atoms with Gasteiger partial charge < -0.3 is 15.3 Å². The number of nitrogens with zero attached hydrogens (tertiary/aromatic N) is 3. The highest BCUT2D eigenvalue weighted by Crippen LogP contribution is 2.53. The summed E-state index contributed by atoms with van der Waals surface area (Å²) in [5, 5.41) is 39.1. The number of carboxylic acids is 1. The van der Waals surface area contributed by atoms with E-state index in [0.29, 0.717) is 22.7 Å². The minimum absolute atomic E-state index is 0.0733. The van der Waals surface area contributed by atoms with E-state index in [4.69, 9.17) is 5.11 Å². The number of hydrogen-bond acceptors (Lipinski definition) is 6. The Bertz CT molecular complexity index is 1070. The zero-order valence-electron chi connectivity index (χ0n) is 13.6. The van der Waals surface area contributed by atoms with Gasteiger partial charge in [-0.1, -0.05) is 24.3 Å². The molecule has 140 valence electrons. The van der Waals surface area contributed by atoms with E-state index < -0.39 is 11.5 Å². The van der Waals surface area contributed by atoms with Crippen LogP contribution in [0, 0.1) is 0 Å². The number of halogens is 2. The Labute approximate surface area is 165 Å². The summed E-state index contributed by atoms with van der Waals surface area (Å²) in [6, 6.07) is 7.21. The van der Waals surface area contributed by atoms with Crippen LogP contribution in [0.4, 0.5) is 4.39 Å². The summed E-state index contributed by atoms with van der Waals surface area (Å²) in [6.07, 6.45) is 1.85. The number of aromatic hydroxyl groups is 2. The van der Waals surface area contributed by atoms with Gasteiger partial charge in [-0.2, -0.15) is 0 Å². The maximum absolute atomic E-state index is 13.7. The molecule has 3 N–H and O–H groups in total. The number of carboxylic acid groups (broad SMARTS) is 1. The molecule has 1 aliphatic rings. The van der Waals surface area contributed by atoms with Crippen molar-refractivity contribution >= 4 is 44.4 Å². The van der Waals surface area contributed by atoms with E-state index >= 15 is 0 Å². The van der Waals surface area contributed by atoms with Gasteiger partial charge >= 0.3 is 5.97 Å². The molecule has 0 bridgehead atoms. The first-order chi connectivity index (χ1) is 12.9. The topological polar surface area (TPSA) is 108 Å². The van der Waals surface area contributed by atoms with Crippen LogP contribution in [0.25, 0.3) is 16.5 Å². The summed E-state index contributed by atoms with van der Waals surface area (Å²) in [5.74, 6) is -2.09. The van der Waals surface area contributed by atoms with E-state index in [2.05, 4.69) is 26.1 Å². The van der Waals surface area contributed by atoms with Crippen LogP contribution in [-0.4, -0.2) is 41.6 Å². The third-order valence-corrected chi connectivity index (χ3v) is 5.78. The van der Waals surface area contributed by atoms with Crippen molar-refractivity contribution in [2.75, 3.05) is 0 Å². The average molecular weight is 454 g/mol. The largest absolute Gasteiger partial charge is 0.504 e. The summed E-state index contributed by atoms with van der Waals surface area (Å²) >= 11 is 3.54. The number of thioether (sulfide) groups is 1. The highest BCUT2D eigenvalue weighted by Gasteiger charge is 2.33. The van der Waals surface area contributed by atoms with Gasteiger partial charge in [0.1, 0.15) is 5.69 Å². The molecule has 0 saturated heterocycles. The van der Waals surface area contributed by atoms with Crippen LogP contribution < -0.4 is 0 Å². The zero-order valence-corrected chi connectivity index (χ0v) is 16.0. The molecule has 10 heteroatoms. The fourth-order valence-electron chi connectivity index (χ4n) is 3.09. The lowest BCUT2D eigenvalue weighted by atomic mass is 9.97. The van der Waals surface area contributed by atoms with Crippen molar-refractivity contribution < 1.29 is 24.5 Å². The van der Waals surface area contributed by atoms with Gasteiger partial charge in [0, 0.05) is 10.9 Å². The molecule has 1 heterocycles. The molecule has 1 aliphatic carbocycles. The molecule has 1 atom stereocenters. The summed E-state index contributed by atoms with van der Waals surface area (Å²) in [6.45, 7) is 0. The number of hydrogen-bond donors (Lipinski definition) is 3. The number of fused-ring (bicyclic) bond motifs is 1. The summed E-state index contributed by atoms with van der Waals surface area (Å²) in [7, 11) is 0. The van der Waals surface area contributed by atoms with Crippen LogP contribution in [0.5, 0.6) is 11.5 Å². The van der Waals surface area contributed by atoms with Crippen LogP contribution in [-0.2, 0) is 4.79 Å². The monoisotopic (exact) mass is 453 g/mol. The number of rotatable bonds is 5. The molecule has 2 aromatic carbocycles. The minimum atomic E-state index is -2.26. The molecule has 7 nitrogen and oxygen atoms in total. The minimum Gasteiger partial charge on any atom is -0.504 e. The van der Waals surface area contributed by atoms with E-state index in [9.17, 15) is 19.4 Å². The molecule has 0 aliphatic heterocycles. The number of phenolic OH excluding ortho intramolecular Hbond substituents is 2. The van der Waals surface area contributed by atoms with Crippen molar-refractivity contribution in [2.45, 2.75) is 29.4 Å². The third-order valence-electron chi connectivity index (χ3n) is 4.38. The van der Waals surface area contributed by atoms with Gasteiger partial charge in [-0.15, -0.1) is 10.2 Å². The number of carbonyl (C=O) groups is 1. The van der Waals surface area contributed by atoms with Gasteiger partial charge in [-0.25, -0.2) is 9.18 Å². The lowest BCUT2D eigenvalue weighted by Crippen LogP contribution is -2.11. The molecule has 1 saturated carbocycles. The van der Waals surface area contributed by atoms with E-state index in [1.165, 1.54) is 4.57 Å². The van der Waals surface area contributed by atoms with Crippen LogP contribution >= 0.6 is 27.7 Å². The number of benzene rings is 2.